The fraction of sp³-hybridized carbons (Fsp3) is 0.500. The van der Waals surface area contributed by atoms with Gasteiger partial charge in [-0.05, 0) is 32.3 Å². The summed E-state index contributed by atoms with van der Waals surface area (Å²) < 4.78 is 5.23. The molecule has 1 fully saturated rings. The van der Waals surface area contributed by atoms with Gasteiger partial charge in [-0.25, -0.2) is 0 Å². The summed E-state index contributed by atoms with van der Waals surface area (Å²) in [5.41, 5.74) is -0.395. The summed E-state index contributed by atoms with van der Waals surface area (Å²) in [5, 5.41) is 14.5. The summed E-state index contributed by atoms with van der Waals surface area (Å²) in [6.45, 7) is 4.79. The molecule has 1 unspecified atom stereocenters. The molecule has 0 radical (unpaired) electrons. The third-order valence-corrected chi connectivity index (χ3v) is 4.63. The van der Waals surface area contributed by atoms with Crippen LogP contribution in [0, 0.1) is 6.92 Å². The molecule has 0 aliphatic carbocycles. The number of aryl methyl sites for hydroxylation is 1. The fourth-order valence-corrected chi connectivity index (χ4v) is 3.16. The molecular formula is C18H23N3O3. The molecule has 0 saturated carbocycles. The first-order valence-electron chi connectivity index (χ1n) is 8.31. The minimum atomic E-state index is -1.15. The average molecular weight is 329 g/mol. The van der Waals surface area contributed by atoms with Gasteiger partial charge < -0.3 is 14.5 Å². The summed E-state index contributed by atoms with van der Waals surface area (Å²) in [6, 6.07) is 9.32. The van der Waals surface area contributed by atoms with Gasteiger partial charge in [0.25, 0.3) is 0 Å². The molecule has 2 heterocycles. The third kappa shape index (κ3) is 3.64. The number of amides is 1. The first kappa shape index (κ1) is 16.6. The summed E-state index contributed by atoms with van der Waals surface area (Å²) in [4.78, 5) is 18.6. The number of hydrogen-bond acceptors (Lipinski definition) is 5. The van der Waals surface area contributed by atoms with Gasteiger partial charge in [-0.2, -0.15) is 4.98 Å². The maximum atomic E-state index is 12.5. The van der Waals surface area contributed by atoms with E-state index in [9.17, 15) is 9.90 Å². The number of benzene rings is 1. The van der Waals surface area contributed by atoms with Crippen LogP contribution in [-0.2, 0) is 10.4 Å². The number of piperidine rings is 1. The number of carbonyl (C=O) groups excluding carboxylic acids is 1. The van der Waals surface area contributed by atoms with E-state index in [2.05, 4.69) is 10.1 Å². The zero-order valence-corrected chi connectivity index (χ0v) is 14.1. The number of rotatable bonds is 4. The Kier molecular flexibility index (Phi) is 4.66. The van der Waals surface area contributed by atoms with Crippen molar-refractivity contribution in [1.29, 1.82) is 0 Å². The molecule has 2 aromatic rings. The second kappa shape index (κ2) is 6.73. The Labute approximate surface area is 141 Å². The minimum Gasteiger partial charge on any atom is -0.385 e. The first-order chi connectivity index (χ1) is 11.5. The molecule has 1 N–H and O–H groups in total. The fourth-order valence-electron chi connectivity index (χ4n) is 3.16. The van der Waals surface area contributed by atoms with E-state index in [-0.39, 0.29) is 18.2 Å². The van der Waals surface area contributed by atoms with Crippen molar-refractivity contribution in [3.8, 4) is 0 Å². The third-order valence-electron chi connectivity index (χ3n) is 4.63. The van der Waals surface area contributed by atoms with Crippen LogP contribution in [0.1, 0.15) is 49.4 Å². The van der Waals surface area contributed by atoms with Crippen molar-refractivity contribution in [2.45, 2.75) is 44.6 Å². The monoisotopic (exact) mass is 329 g/mol. The molecule has 3 rings (SSSR count). The highest BCUT2D eigenvalue weighted by atomic mass is 16.5. The van der Waals surface area contributed by atoms with Gasteiger partial charge in [0.05, 0.1) is 12.0 Å². The molecule has 1 amide bonds. The number of aromatic nitrogens is 2. The summed E-state index contributed by atoms with van der Waals surface area (Å²) in [7, 11) is 0. The molecule has 128 valence electrons. The highest BCUT2D eigenvalue weighted by Crippen LogP contribution is 2.29. The number of nitrogens with zero attached hydrogens (tertiary/aromatic N) is 3. The smallest absolute Gasteiger partial charge is 0.229 e. The molecule has 1 aliphatic rings. The molecule has 1 aliphatic heterocycles. The van der Waals surface area contributed by atoms with Crippen molar-refractivity contribution in [3.05, 3.63) is 47.6 Å². The van der Waals surface area contributed by atoms with Gasteiger partial charge in [0.2, 0.25) is 11.8 Å². The summed E-state index contributed by atoms with van der Waals surface area (Å²) in [5.74, 6) is 1.49. The molecule has 6 heteroatoms. The number of carbonyl (C=O) groups is 1. The topological polar surface area (TPSA) is 79.5 Å². The Hall–Kier alpha value is -2.21. The molecular weight excluding hydrogens is 306 g/mol. The maximum Gasteiger partial charge on any atom is 0.229 e. The van der Waals surface area contributed by atoms with Crippen LogP contribution < -0.4 is 0 Å². The van der Waals surface area contributed by atoms with Crippen molar-refractivity contribution in [1.82, 2.24) is 15.0 Å². The van der Waals surface area contributed by atoms with Crippen LogP contribution in [0.15, 0.2) is 34.9 Å². The van der Waals surface area contributed by atoms with Gasteiger partial charge in [-0.3, -0.25) is 4.79 Å². The van der Waals surface area contributed by atoms with Crippen molar-refractivity contribution < 1.29 is 14.4 Å². The maximum absolute atomic E-state index is 12.5. The van der Waals surface area contributed by atoms with Crippen LogP contribution in [0.4, 0.5) is 0 Å². The van der Waals surface area contributed by atoms with Crippen molar-refractivity contribution in [2.24, 2.45) is 0 Å². The highest BCUT2D eigenvalue weighted by Gasteiger charge is 2.32. The van der Waals surface area contributed by atoms with E-state index in [0.29, 0.717) is 24.8 Å². The minimum absolute atomic E-state index is 0.0241. The van der Waals surface area contributed by atoms with E-state index >= 15 is 0 Å². The highest BCUT2D eigenvalue weighted by molar-refractivity contribution is 5.77. The SMILES string of the molecule is Cc1noc(C2CCN(C(=O)CC(C)(O)c3ccccc3)CC2)n1. The zero-order chi connectivity index (χ0) is 17.2. The largest absolute Gasteiger partial charge is 0.385 e. The Bertz CT molecular complexity index is 689. The average Bonchev–Trinajstić information content (AvgIpc) is 3.02. The molecule has 1 atom stereocenters. The molecule has 24 heavy (non-hydrogen) atoms. The van der Waals surface area contributed by atoms with E-state index < -0.39 is 5.60 Å². The van der Waals surface area contributed by atoms with Gasteiger partial charge >= 0.3 is 0 Å². The molecule has 1 saturated heterocycles. The van der Waals surface area contributed by atoms with E-state index in [1.807, 2.05) is 35.2 Å². The lowest BCUT2D eigenvalue weighted by Gasteiger charge is -2.33. The molecule has 0 bridgehead atoms. The Morgan fingerprint density at radius 1 is 1.33 bits per heavy atom. The van der Waals surface area contributed by atoms with E-state index in [0.717, 1.165) is 18.4 Å². The van der Waals surface area contributed by atoms with Gasteiger partial charge in [0, 0.05) is 19.0 Å². The number of hydrogen-bond donors (Lipinski definition) is 1. The molecule has 1 aromatic heterocycles. The Balaban J connectivity index is 1.57. The molecule has 0 spiro atoms. The van der Waals surface area contributed by atoms with Gasteiger partial charge in [0.1, 0.15) is 0 Å². The van der Waals surface area contributed by atoms with Crippen LogP contribution in [0.25, 0.3) is 0 Å². The van der Waals surface area contributed by atoms with Gasteiger partial charge in [0.15, 0.2) is 5.82 Å². The quantitative estimate of drug-likeness (QED) is 0.931. The zero-order valence-electron chi connectivity index (χ0n) is 14.1. The van der Waals surface area contributed by atoms with Gasteiger partial charge in [-0.15, -0.1) is 0 Å². The first-order valence-corrected chi connectivity index (χ1v) is 8.31. The van der Waals surface area contributed by atoms with Crippen LogP contribution in [-0.4, -0.2) is 39.1 Å². The second-order valence-corrected chi connectivity index (χ2v) is 6.65. The lowest BCUT2D eigenvalue weighted by molar-refractivity contribution is -0.137. The van der Waals surface area contributed by atoms with Crippen LogP contribution in [0.3, 0.4) is 0 Å². The lowest BCUT2D eigenvalue weighted by atomic mass is 9.91. The van der Waals surface area contributed by atoms with Crippen LogP contribution in [0.2, 0.25) is 0 Å². The molecule has 6 nitrogen and oxygen atoms in total. The van der Waals surface area contributed by atoms with Crippen LogP contribution >= 0.6 is 0 Å². The van der Waals surface area contributed by atoms with Crippen molar-refractivity contribution in [2.75, 3.05) is 13.1 Å². The predicted octanol–water partition coefficient (Wildman–Crippen LogP) is 2.38. The summed E-state index contributed by atoms with van der Waals surface area (Å²) in [6.07, 6.45) is 1.70. The van der Waals surface area contributed by atoms with Crippen molar-refractivity contribution >= 4 is 5.91 Å². The number of aliphatic hydroxyl groups is 1. The summed E-state index contributed by atoms with van der Waals surface area (Å²) >= 11 is 0. The predicted molar refractivity (Wildman–Crippen MR) is 88.2 cm³/mol. The van der Waals surface area contributed by atoms with E-state index in [1.165, 1.54) is 0 Å². The number of likely N-dealkylation sites (tertiary alicyclic amines) is 1. The molecule has 1 aromatic carbocycles. The van der Waals surface area contributed by atoms with Crippen LogP contribution in [0.5, 0.6) is 0 Å². The Morgan fingerprint density at radius 2 is 2.00 bits per heavy atom. The van der Waals surface area contributed by atoms with Gasteiger partial charge in [-0.1, -0.05) is 35.5 Å². The van der Waals surface area contributed by atoms with Crippen molar-refractivity contribution in [3.63, 3.8) is 0 Å². The normalized spacial score (nSPS) is 18.4. The Morgan fingerprint density at radius 3 is 2.58 bits per heavy atom. The van der Waals surface area contributed by atoms with E-state index in [1.54, 1.807) is 13.8 Å². The standard InChI is InChI=1S/C18H23N3O3/c1-13-19-17(24-20-13)14-8-10-21(11-9-14)16(22)12-18(2,23)15-6-4-3-5-7-15/h3-7,14,23H,8-12H2,1-2H3. The lowest BCUT2D eigenvalue weighted by Crippen LogP contribution is -2.41. The van der Waals surface area contributed by atoms with E-state index in [4.69, 9.17) is 4.52 Å². The second-order valence-electron chi connectivity index (χ2n) is 6.65.